The standard InChI is InChI=1S/C36H29N3O3S2/c1-2-33(36(42)39-31-16-8-6-14-28(31)29-15-7-9-17-32(29)39)44-26-20-18-25(19-21-26)37-35(41)30(23-27-13-10-22-43-27)38-34(40)24-11-4-3-5-12-24/h3-23,33H,2H2,1H3,(H,37,41)(H,38,40)/b30-23-. The molecule has 0 radical (unpaired) electrons. The average molecular weight is 616 g/mol. The number of nitrogens with one attached hydrogen (secondary N) is 2. The van der Waals surface area contributed by atoms with E-state index >= 15 is 0 Å². The predicted octanol–water partition coefficient (Wildman–Crippen LogP) is 8.48. The van der Waals surface area contributed by atoms with Crippen LogP contribution < -0.4 is 10.6 Å². The van der Waals surface area contributed by atoms with Crippen molar-refractivity contribution < 1.29 is 14.4 Å². The first-order chi connectivity index (χ1) is 21.5. The smallest absolute Gasteiger partial charge is 0.272 e. The van der Waals surface area contributed by atoms with E-state index in [1.54, 1.807) is 42.5 Å². The summed E-state index contributed by atoms with van der Waals surface area (Å²) in [6.45, 7) is 2.02. The molecule has 6 nitrogen and oxygen atoms in total. The molecule has 8 heteroatoms. The second kappa shape index (κ2) is 13.2. The third-order valence-electron chi connectivity index (χ3n) is 7.20. The van der Waals surface area contributed by atoms with Gasteiger partial charge in [0.2, 0.25) is 5.91 Å². The molecule has 0 fully saturated rings. The van der Waals surface area contributed by atoms with Crippen LogP contribution in [-0.4, -0.2) is 27.5 Å². The van der Waals surface area contributed by atoms with Gasteiger partial charge in [-0.05, 0) is 72.5 Å². The lowest BCUT2D eigenvalue weighted by molar-refractivity contribution is -0.113. The van der Waals surface area contributed by atoms with Crippen LogP contribution in [0.2, 0.25) is 0 Å². The minimum absolute atomic E-state index is 0.0322. The van der Waals surface area contributed by atoms with Crippen molar-refractivity contribution in [2.75, 3.05) is 5.32 Å². The van der Waals surface area contributed by atoms with Crippen molar-refractivity contribution in [3.8, 4) is 0 Å². The van der Waals surface area contributed by atoms with Crippen LogP contribution in [0, 0.1) is 0 Å². The number of amides is 2. The van der Waals surface area contributed by atoms with Crippen molar-refractivity contribution in [1.82, 2.24) is 9.88 Å². The fourth-order valence-electron chi connectivity index (χ4n) is 5.05. The monoisotopic (exact) mass is 615 g/mol. The van der Waals surface area contributed by atoms with Gasteiger partial charge in [0.15, 0.2) is 0 Å². The molecule has 0 saturated carbocycles. The van der Waals surface area contributed by atoms with E-state index in [4.69, 9.17) is 0 Å². The number of carbonyl (C=O) groups is 3. The fourth-order valence-corrected chi connectivity index (χ4v) is 6.70. The van der Waals surface area contributed by atoms with E-state index in [0.29, 0.717) is 17.7 Å². The van der Waals surface area contributed by atoms with E-state index in [2.05, 4.69) is 22.8 Å². The number of benzene rings is 4. The largest absolute Gasteiger partial charge is 0.321 e. The van der Waals surface area contributed by atoms with Gasteiger partial charge in [-0.3, -0.25) is 19.0 Å². The number of rotatable bonds is 9. The lowest BCUT2D eigenvalue weighted by Crippen LogP contribution is -2.30. The van der Waals surface area contributed by atoms with E-state index < -0.39 is 5.91 Å². The van der Waals surface area contributed by atoms with Gasteiger partial charge in [0.25, 0.3) is 11.8 Å². The summed E-state index contributed by atoms with van der Waals surface area (Å²) in [6, 6.07) is 35.9. The number of thioether (sulfide) groups is 1. The highest BCUT2D eigenvalue weighted by atomic mass is 32.2. The van der Waals surface area contributed by atoms with Crippen LogP contribution in [-0.2, 0) is 4.79 Å². The van der Waals surface area contributed by atoms with Crippen LogP contribution in [0.1, 0.15) is 33.4 Å². The topological polar surface area (TPSA) is 80.2 Å². The minimum atomic E-state index is -0.434. The molecular formula is C36H29N3O3S2. The molecule has 0 aliphatic heterocycles. The molecule has 2 heterocycles. The Bertz CT molecular complexity index is 1930. The fraction of sp³-hybridized carbons (Fsp3) is 0.0833. The molecule has 4 aromatic carbocycles. The molecule has 44 heavy (non-hydrogen) atoms. The van der Waals surface area contributed by atoms with E-state index in [1.165, 1.54) is 23.1 Å². The summed E-state index contributed by atoms with van der Waals surface area (Å²) < 4.78 is 1.84. The maximum absolute atomic E-state index is 13.9. The van der Waals surface area contributed by atoms with Crippen LogP contribution in [0.3, 0.4) is 0 Å². The Morgan fingerprint density at radius 3 is 2.05 bits per heavy atom. The van der Waals surface area contributed by atoms with Gasteiger partial charge in [-0.15, -0.1) is 23.1 Å². The Kier molecular flexibility index (Phi) is 8.72. The number of anilines is 1. The first-order valence-corrected chi connectivity index (χ1v) is 16.0. The van der Waals surface area contributed by atoms with Gasteiger partial charge in [-0.2, -0.15) is 0 Å². The van der Waals surface area contributed by atoms with Crippen LogP contribution in [0.15, 0.2) is 131 Å². The molecule has 6 aromatic rings. The second-order valence-electron chi connectivity index (χ2n) is 10.1. The number of hydrogen-bond donors (Lipinski definition) is 2. The van der Waals surface area contributed by atoms with E-state index in [-0.39, 0.29) is 22.8 Å². The van der Waals surface area contributed by atoms with Gasteiger partial charge < -0.3 is 10.6 Å². The van der Waals surface area contributed by atoms with Gasteiger partial charge in [-0.25, -0.2) is 0 Å². The highest BCUT2D eigenvalue weighted by Gasteiger charge is 2.24. The summed E-state index contributed by atoms with van der Waals surface area (Å²) in [7, 11) is 0. The molecule has 2 amide bonds. The van der Waals surface area contributed by atoms with Crippen LogP contribution in [0.4, 0.5) is 5.69 Å². The highest BCUT2D eigenvalue weighted by molar-refractivity contribution is 8.00. The third-order valence-corrected chi connectivity index (χ3v) is 9.38. The molecule has 0 bridgehead atoms. The first-order valence-electron chi connectivity index (χ1n) is 14.2. The van der Waals surface area contributed by atoms with E-state index in [0.717, 1.165) is 31.6 Å². The van der Waals surface area contributed by atoms with Crippen LogP contribution >= 0.6 is 23.1 Å². The maximum atomic E-state index is 13.9. The van der Waals surface area contributed by atoms with Gasteiger partial charge in [0.05, 0.1) is 16.3 Å². The molecule has 0 saturated heterocycles. The summed E-state index contributed by atoms with van der Waals surface area (Å²) >= 11 is 2.97. The Morgan fingerprint density at radius 1 is 0.795 bits per heavy atom. The van der Waals surface area contributed by atoms with Gasteiger partial charge in [0.1, 0.15) is 5.70 Å². The molecule has 2 aromatic heterocycles. The number of thiophene rings is 1. The molecule has 0 aliphatic carbocycles. The third kappa shape index (κ3) is 6.22. The molecule has 218 valence electrons. The zero-order valence-electron chi connectivity index (χ0n) is 23.9. The molecule has 6 rings (SSSR count). The van der Waals surface area contributed by atoms with E-state index in [9.17, 15) is 14.4 Å². The summed E-state index contributed by atoms with van der Waals surface area (Å²) in [4.78, 5) is 41.8. The number of carbonyl (C=O) groups excluding carboxylic acids is 3. The van der Waals surface area contributed by atoms with Crippen molar-refractivity contribution in [1.29, 1.82) is 0 Å². The first kappa shape index (κ1) is 29.2. The van der Waals surface area contributed by atoms with Crippen LogP contribution in [0.25, 0.3) is 27.9 Å². The normalized spacial score (nSPS) is 12.2. The Hall–Kier alpha value is -4.92. The second-order valence-corrected chi connectivity index (χ2v) is 12.4. The summed E-state index contributed by atoms with van der Waals surface area (Å²) in [6.07, 6.45) is 2.32. The number of hydrogen-bond acceptors (Lipinski definition) is 5. The number of nitrogens with zero attached hydrogens (tertiary/aromatic N) is 1. The lowest BCUT2D eigenvalue weighted by atomic mass is 10.2. The molecule has 0 spiro atoms. The quantitative estimate of drug-likeness (QED) is 0.126. The van der Waals surface area contributed by atoms with Gasteiger partial charge in [-0.1, -0.05) is 67.6 Å². The Morgan fingerprint density at radius 2 is 1.43 bits per heavy atom. The van der Waals surface area contributed by atoms with Crippen LogP contribution in [0.5, 0.6) is 0 Å². The van der Waals surface area contributed by atoms with Crippen molar-refractivity contribution in [3.63, 3.8) is 0 Å². The van der Waals surface area contributed by atoms with Gasteiger partial charge in [0, 0.05) is 31.8 Å². The maximum Gasteiger partial charge on any atom is 0.272 e. The summed E-state index contributed by atoms with van der Waals surface area (Å²) in [5.74, 6) is -0.769. The van der Waals surface area contributed by atoms with Crippen molar-refractivity contribution >= 4 is 74.4 Å². The van der Waals surface area contributed by atoms with Crippen molar-refractivity contribution in [2.45, 2.75) is 23.5 Å². The summed E-state index contributed by atoms with van der Waals surface area (Å²) in [5.41, 5.74) is 2.98. The number of para-hydroxylation sites is 2. The zero-order valence-corrected chi connectivity index (χ0v) is 25.5. The molecule has 1 atom stereocenters. The Labute approximate surface area is 263 Å². The van der Waals surface area contributed by atoms with Gasteiger partial charge >= 0.3 is 0 Å². The Balaban J connectivity index is 1.18. The lowest BCUT2D eigenvalue weighted by Gasteiger charge is -2.16. The molecule has 1 unspecified atom stereocenters. The summed E-state index contributed by atoms with van der Waals surface area (Å²) in [5, 5.41) is 9.38. The SMILES string of the molecule is CCC(Sc1ccc(NC(=O)/C(=C/c2cccs2)NC(=O)c2ccccc2)cc1)C(=O)n1c2ccccc2c2ccccc21. The molecular weight excluding hydrogens is 587 g/mol. The predicted molar refractivity (Wildman–Crippen MR) is 181 cm³/mol. The number of fused-ring (bicyclic) bond motifs is 3. The minimum Gasteiger partial charge on any atom is -0.321 e. The van der Waals surface area contributed by atoms with E-state index in [1.807, 2.05) is 83.6 Å². The molecule has 0 aliphatic rings. The van der Waals surface area contributed by atoms with Crippen molar-refractivity contribution in [2.24, 2.45) is 0 Å². The highest BCUT2D eigenvalue weighted by Crippen LogP contribution is 2.33. The van der Waals surface area contributed by atoms with Crippen molar-refractivity contribution in [3.05, 3.63) is 137 Å². The zero-order chi connectivity index (χ0) is 30.5. The molecule has 2 N–H and O–H groups in total. The number of aromatic nitrogens is 1. The average Bonchev–Trinajstić information content (AvgIpc) is 3.70.